The van der Waals surface area contributed by atoms with Gasteiger partial charge in [0.25, 0.3) is 0 Å². The molecule has 0 bridgehead atoms. The summed E-state index contributed by atoms with van der Waals surface area (Å²) in [5.74, 6) is -0.142. The third kappa shape index (κ3) is 3.28. The Bertz CT molecular complexity index is 518. The first-order valence-electron chi connectivity index (χ1n) is 6.80. The third-order valence-corrected chi connectivity index (χ3v) is 9.49. The van der Waals surface area contributed by atoms with Gasteiger partial charge in [0.2, 0.25) is 0 Å². The molecule has 1 saturated heterocycles. The molecule has 23 heavy (non-hydrogen) atoms. The van der Waals surface area contributed by atoms with Gasteiger partial charge in [0.1, 0.15) is 0 Å². The maximum Gasteiger partial charge on any atom is 0.363 e. The van der Waals surface area contributed by atoms with Gasteiger partial charge in [-0.3, -0.25) is 13.7 Å². The van der Waals surface area contributed by atoms with Crippen molar-refractivity contribution in [1.82, 2.24) is 0 Å². The zero-order valence-electron chi connectivity index (χ0n) is 12.7. The lowest BCUT2D eigenvalue weighted by Gasteiger charge is -2.45. The highest BCUT2D eigenvalue weighted by molar-refractivity contribution is 7.59. The van der Waals surface area contributed by atoms with Crippen LogP contribution >= 0.6 is 50.0 Å². The van der Waals surface area contributed by atoms with Crippen molar-refractivity contribution in [1.29, 1.82) is 0 Å². The van der Waals surface area contributed by atoms with Gasteiger partial charge >= 0.3 is 15.2 Å². The van der Waals surface area contributed by atoms with E-state index in [0.29, 0.717) is 0 Å². The smallest absolute Gasteiger partial charge is 0.363 e. The highest BCUT2D eigenvalue weighted by Crippen LogP contribution is 2.83. The maximum atomic E-state index is 13.1. The van der Waals surface area contributed by atoms with Crippen LogP contribution in [0.2, 0.25) is 0 Å². The maximum absolute atomic E-state index is 13.1. The molecule has 3 N–H and O–H groups in total. The molecule has 3 atom stereocenters. The minimum Gasteiger partial charge on any atom is -0.377 e. The second-order valence-electron chi connectivity index (χ2n) is 5.62. The fraction of sp³-hybridized carbons (Fsp3) is 1.00. The molecule has 0 radical (unpaired) electrons. The standard InChI is InChI=1S/C11H21Cl3O7P2/c1-9(15)11(3-5-12,4-6-13)10(2,22(16,17)18)21-23(9,19)20-8-7-14/h15H,3-8H2,1-2H3,(H2,16,17,18). The van der Waals surface area contributed by atoms with Gasteiger partial charge in [-0.25, -0.2) is 0 Å². The zero-order chi connectivity index (χ0) is 18.2. The van der Waals surface area contributed by atoms with Crippen molar-refractivity contribution in [3.8, 4) is 0 Å². The predicted octanol–water partition coefficient (Wildman–Crippen LogP) is 3.31. The van der Waals surface area contributed by atoms with E-state index >= 15 is 0 Å². The number of aliphatic hydroxyl groups is 1. The monoisotopic (exact) mass is 432 g/mol. The largest absolute Gasteiger partial charge is 0.377 e. The first-order valence-corrected chi connectivity index (χ1v) is 11.6. The summed E-state index contributed by atoms with van der Waals surface area (Å²) in [4.78, 5) is 19.7. The minimum atomic E-state index is -4.98. The van der Waals surface area contributed by atoms with Gasteiger partial charge in [-0.1, -0.05) is 0 Å². The molecule has 3 unspecified atom stereocenters. The second-order valence-corrected chi connectivity index (χ2v) is 11.0. The van der Waals surface area contributed by atoms with Crippen molar-refractivity contribution in [2.75, 3.05) is 24.2 Å². The van der Waals surface area contributed by atoms with Crippen molar-refractivity contribution in [2.45, 2.75) is 37.4 Å². The molecule has 1 aliphatic heterocycles. The van der Waals surface area contributed by atoms with Crippen molar-refractivity contribution in [3.63, 3.8) is 0 Å². The van der Waals surface area contributed by atoms with E-state index in [1.54, 1.807) is 0 Å². The molecule has 1 aliphatic rings. The second kappa shape index (κ2) is 7.40. The van der Waals surface area contributed by atoms with Crippen LogP contribution in [0.1, 0.15) is 26.7 Å². The number of hydrogen-bond acceptors (Lipinski definition) is 5. The van der Waals surface area contributed by atoms with E-state index in [2.05, 4.69) is 0 Å². The van der Waals surface area contributed by atoms with Crippen LogP contribution in [0.5, 0.6) is 0 Å². The van der Waals surface area contributed by atoms with Gasteiger partial charge in [0.15, 0.2) is 10.7 Å². The van der Waals surface area contributed by atoms with E-state index in [1.807, 2.05) is 0 Å². The third-order valence-electron chi connectivity index (χ3n) is 4.56. The number of halogens is 3. The molecular formula is C11H21Cl3O7P2. The van der Waals surface area contributed by atoms with Gasteiger partial charge in [-0.15, -0.1) is 34.8 Å². The van der Waals surface area contributed by atoms with Gasteiger partial charge in [-0.2, -0.15) is 0 Å². The normalized spacial score (nSPS) is 37.2. The Morgan fingerprint density at radius 3 is 1.96 bits per heavy atom. The fourth-order valence-corrected chi connectivity index (χ4v) is 8.22. The molecular weight excluding hydrogens is 412 g/mol. The molecule has 0 spiro atoms. The lowest BCUT2D eigenvalue weighted by atomic mass is 9.72. The van der Waals surface area contributed by atoms with E-state index < -0.39 is 31.3 Å². The summed E-state index contributed by atoms with van der Waals surface area (Å²) in [5.41, 5.74) is -1.66. The summed E-state index contributed by atoms with van der Waals surface area (Å²) in [5, 5.41) is 6.52. The summed E-state index contributed by atoms with van der Waals surface area (Å²) in [6.45, 7) is 2.05. The Morgan fingerprint density at radius 1 is 1.13 bits per heavy atom. The van der Waals surface area contributed by atoms with Crippen LogP contribution in [0, 0.1) is 5.41 Å². The lowest BCUT2D eigenvalue weighted by Crippen LogP contribution is -2.53. The van der Waals surface area contributed by atoms with Crippen LogP contribution in [0.15, 0.2) is 0 Å². The van der Waals surface area contributed by atoms with Crippen LogP contribution in [0.4, 0.5) is 0 Å². The van der Waals surface area contributed by atoms with E-state index in [1.165, 1.54) is 6.92 Å². The molecule has 0 aromatic carbocycles. The quantitative estimate of drug-likeness (QED) is 0.397. The van der Waals surface area contributed by atoms with Gasteiger partial charge in [-0.05, 0) is 26.7 Å². The SMILES string of the molecule is CC1(P(=O)(O)O)OP(=O)(OCCCl)C(C)(O)C1(CCCl)CCCl. The lowest BCUT2D eigenvalue weighted by molar-refractivity contribution is -0.0577. The molecule has 0 aromatic rings. The van der Waals surface area contributed by atoms with Crippen LogP contribution < -0.4 is 0 Å². The Morgan fingerprint density at radius 2 is 1.61 bits per heavy atom. The fourth-order valence-electron chi connectivity index (χ4n) is 3.14. The summed E-state index contributed by atoms with van der Waals surface area (Å²) >= 11 is 17.1. The predicted molar refractivity (Wildman–Crippen MR) is 89.5 cm³/mol. The summed E-state index contributed by atoms with van der Waals surface area (Å²) in [6.07, 6.45) is -0.159. The van der Waals surface area contributed by atoms with E-state index in [4.69, 9.17) is 43.9 Å². The van der Waals surface area contributed by atoms with Crippen LogP contribution in [0.25, 0.3) is 0 Å². The molecule has 1 heterocycles. The highest BCUT2D eigenvalue weighted by atomic mass is 35.5. The van der Waals surface area contributed by atoms with Crippen molar-refractivity contribution < 1.29 is 33.1 Å². The topological polar surface area (TPSA) is 113 Å². The molecule has 1 rings (SSSR count). The molecule has 0 amide bonds. The molecule has 7 nitrogen and oxygen atoms in total. The minimum absolute atomic E-state index is 0.0337. The summed E-state index contributed by atoms with van der Waals surface area (Å²) in [6, 6.07) is 0. The highest BCUT2D eigenvalue weighted by Gasteiger charge is 2.79. The van der Waals surface area contributed by atoms with Crippen LogP contribution in [-0.2, 0) is 18.2 Å². The Hall–Kier alpha value is 1.13. The Kier molecular flexibility index (Phi) is 7.13. The van der Waals surface area contributed by atoms with Crippen molar-refractivity contribution in [2.24, 2.45) is 5.41 Å². The molecule has 0 aromatic heterocycles. The van der Waals surface area contributed by atoms with Crippen molar-refractivity contribution in [3.05, 3.63) is 0 Å². The van der Waals surface area contributed by atoms with Crippen LogP contribution in [0.3, 0.4) is 0 Å². The Balaban J connectivity index is 3.63. The first-order chi connectivity index (χ1) is 10.4. The first kappa shape index (κ1) is 22.2. The molecule has 12 heteroatoms. The zero-order valence-corrected chi connectivity index (χ0v) is 16.8. The summed E-state index contributed by atoms with van der Waals surface area (Å²) in [7, 11) is -9.31. The Labute approximate surface area is 150 Å². The number of hydrogen-bond donors (Lipinski definition) is 3. The number of rotatable bonds is 8. The molecule has 1 fully saturated rings. The average Bonchev–Trinajstić information content (AvgIpc) is 2.54. The van der Waals surface area contributed by atoms with E-state index in [0.717, 1.165) is 6.92 Å². The van der Waals surface area contributed by atoms with Gasteiger partial charge < -0.3 is 19.4 Å². The van der Waals surface area contributed by atoms with E-state index in [9.17, 15) is 24.0 Å². The molecule has 0 saturated carbocycles. The molecule has 0 aliphatic carbocycles. The van der Waals surface area contributed by atoms with Gasteiger partial charge in [0.05, 0.1) is 12.0 Å². The van der Waals surface area contributed by atoms with Crippen LogP contribution in [-0.4, -0.2) is 49.8 Å². The summed E-state index contributed by atoms with van der Waals surface area (Å²) < 4.78 is 35.6. The van der Waals surface area contributed by atoms with Crippen molar-refractivity contribution >= 4 is 50.0 Å². The van der Waals surface area contributed by atoms with Gasteiger partial charge in [0, 0.05) is 17.6 Å². The molecule has 138 valence electrons. The average molecular weight is 434 g/mol. The number of alkyl halides is 3. The van der Waals surface area contributed by atoms with E-state index in [-0.39, 0.29) is 37.1 Å².